The van der Waals surface area contributed by atoms with Gasteiger partial charge >= 0.3 is 6.01 Å². The number of aromatic nitrogens is 2. The van der Waals surface area contributed by atoms with Gasteiger partial charge in [-0.15, -0.1) is 16.9 Å². The highest BCUT2D eigenvalue weighted by Gasteiger charge is 2.15. The molecule has 0 spiro atoms. The predicted molar refractivity (Wildman–Crippen MR) is 90.1 cm³/mol. The van der Waals surface area contributed by atoms with Crippen molar-refractivity contribution < 1.29 is 18.0 Å². The third-order valence-corrected chi connectivity index (χ3v) is 4.19. The van der Waals surface area contributed by atoms with Gasteiger partial charge in [0.05, 0.1) is 5.56 Å². The van der Waals surface area contributed by atoms with Crippen molar-refractivity contribution in [2.75, 3.05) is 11.1 Å². The van der Waals surface area contributed by atoms with Crippen LogP contribution in [0.15, 0.2) is 57.8 Å². The molecule has 0 saturated carbocycles. The van der Waals surface area contributed by atoms with Crippen LogP contribution >= 0.6 is 11.8 Å². The first-order valence-electron chi connectivity index (χ1n) is 7.38. The molecule has 0 aliphatic heterocycles. The number of thioether (sulfide) groups is 1. The number of carbonyl (C=O) groups is 1. The molecule has 0 aliphatic rings. The van der Waals surface area contributed by atoms with E-state index in [4.69, 9.17) is 4.42 Å². The van der Waals surface area contributed by atoms with Crippen LogP contribution in [0.2, 0.25) is 0 Å². The standard InChI is InChI=1S/C17H13F2N3O2S/c18-11-6-7-13(14(19)10-11)16-21-22-17(24-16)20-15(23)8-9-25-12-4-2-1-3-5-12/h1-7,10H,8-9H2,(H,20,22,23). The number of rotatable bonds is 6. The highest BCUT2D eigenvalue weighted by Crippen LogP contribution is 2.24. The van der Waals surface area contributed by atoms with Crippen molar-refractivity contribution in [2.45, 2.75) is 11.3 Å². The maximum Gasteiger partial charge on any atom is 0.322 e. The molecule has 1 N–H and O–H groups in total. The van der Waals surface area contributed by atoms with Crippen LogP contribution in [0, 0.1) is 11.6 Å². The third-order valence-electron chi connectivity index (χ3n) is 3.17. The van der Waals surface area contributed by atoms with Crippen LogP contribution in [0.3, 0.4) is 0 Å². The average Bonchev–Trinajstić information content (AvgIpc) is 3.04. The summed E-state index contributed by atoms with van der Waals surface area (Å²) in [6.45, 7) is 0. The van der Waals surface area contributed by atoms with Crippen molar-refractivity contribution >= 4 is 23.7 Å². The molecule has 1 aromatic heterocycles. The first kappa shape index (κ1) is 17.1. The van der Waals surface area contributed by atoms with Crippen LogP contribution < -0.4 is 5.32 Å². The van der Waals surface area contributed by atoms with Crippen LogP contribution in [0.4, 0.5) is 14.8 Å². The minimum Gasteiger partial charge on any atom is -0.403 e. The Bertz CT molecular complexity index is 871. The fourth-order valence-electron chi connectivity index (χ4n) is 2.01. The maximum absolute atomic E-state index is 13.7. The van der Waals surface area contributed by atoms with E-state index < -0.39 is 11.6 Å². The Hall–Kier alpha value is -2.74. The summed E-state index contributed by atoms with van der Waals surface area (Å²) in [5.74, 6) is -1.36. The smallest absolute Gasteiger partial charge is 0.322 e. The van der Waals surface area contributed by atoms with Crippen molar-refractivity contribution in [3.8, 4) is 11.5 Å². The first-order chi connectivity index (χ1) is 12.1. The van der Waals surface area contributed by atoms with E-state index in [1.54, 1.807) is 11.8 Å². The minimum absolute atomic E-state index is 0.0333. The number of halogens is 2. The molecule has 128 valence electrons. The van der Waals surface area contributed by atoms with E-state index in [9.17, 15) is 13.6 Å². The van der Waals surface area contributed by atoms with Gasteiger partial charge in [0.2, 0.25) is 5.91 Å². The molecule has 0 aliphatic carbocycles. The van der Waals surface area contributed by atoms with Gasteiger partial charge in [0.1, 0.15) is 11.6 Å². The molecule has 0 saturated heterocycles. The number of carbonyl (C=O) groups excluding carboxylic acids is 1. The average molecular weight is 361 g/mol. The third kappa shape index (κ3) is 4.63. The van der Waals surface area contributed by atoms with Crippen LogP contribution in [0.1, 0.15) is 6.42 Å². The Morgan fingerprint density at radius 2 is 1.92 bits per heavy atom. The molecule has 8 heteroatoms. The van der Waals surface area contributed by atoms with Crippen LogP contribution in [-0.2, 0) is 4.79 Å². The maximum atomic E-state index is 13.7. The Balaban J connectivity index is 1.55. The zero-order valence-corrected chi connectivity index (χ0v) is 13.7. The number of hydrogen-bond acceptors (Lipinski definition) is 5. The van der Waals surface area contributed by atoms with Crippen molar-refractivity contribution in [1.82, 2.24) is 10.2 Å². The first-order valence-corrected chi connectivity index (χ1v) is 8.37. The lowest BCUT2D eigenvalue weighted by Gasteiger charge is -2.01. The van der Waals surface area contributed by atoms with Gasteiger partial charge in [-0.2, -0.15) is 0 Å². The normalized spacial score (nSPS) is 10.6. The van der Waals surface area contributed by atoms with Crippen molar-refractivity contribution in [2.24, 2.45) is 0 Å². The summed E-state index contributed by atoms with van der Waals surface area (Å²) in [7, 11) is 0. The lowest BCUT2D eigenvalue weighted by molar-refractivity contribution is -0.115. The Morgan fingerprint density at radius 3 is 2.68 bits per heavy atom. The molecule has 0 unspecified atom stereocenters. The fourth-order valence-corrected chi connectivity index (χ4v) is 2.88. The molecule has 0 atom stereocenters. The number of benzene rings is 2. The van der Waals surface area contributed by atoms with E-state index in [0.717, 1.165) is 17.0 Å². The quantitative estimate of drug-likeness (QED) is 0.669. The Labute approximate surface area is 146 Å². The topological polar surface area (TPSA) is 68.0 Å². The second kappa shape index (κ2) is 7.89. The van der Waals surface area contributed by atoms with E-state index in [0.29, 0.717) is 5.75 Å². The zero-order chi connectivity index (χ0) is 17.6. The molecule has 0 radical (unpaired) electrons. The molecule has 1 heterocycles. The Morgan fingerprint density at radius 1 is 1.12 bits per heavy atom. The van der Waals surface area contributed by atoms with Crippen molar-refractivity contribution in [3.05, 3.63) is 60.2 Å². The van der Waals surface area contributed by atoms with E-state index in [2.05, 4.69) is 15.5 Å². The number of nitrogens with zero attached hydrogens (tertiary/aromatic N) is 2. The summed E-state index contributed by atoms with van der Waals surface area (Å²) in [5, 5.41) is 9.77. The lowest BCUT2D eigenvalue weighted by Crippen LogP contribution is -2.12. The molecule has 0 bridgehead atoms. The summed E-state index contributed by atoms with van der Waals surface area (Å²) < 4.78 is 31.8. The van der Waals surface area contributed by atoms with E-state index in [1.807, 2.05) is 30.3 Å². The molecule has 25 heavy (non-hydrogen) atoms. The highest BCUT2D eigenvalue weighted by atomic mass is 32.2. The SMILES string of the molecule is O=C(CCSc1ccccc1)Nc1nnc(-c2ccc(F)cc2F)o1. The summed E-state index contributed by atoms with van der Waals surface area (Å²) in [6, 6.07) is 12.6. The second-order valence-electron chi connectivity index (χ2n) is 5.00. The largest absolute Gasteiger partial charge is 0.403 e. The second-order valence-corrected chi connectivity index (χ2v) is 6.16. The molecule has 0 fully saturated rings. The van der Waals surface area contributed by atoms with Gasteiger partial charge in [-0.1, -0.05) is 23.3 Å². The molecule has 3 aromatic rings. The summed E-state index contributed by atoms with van der Waals surface area (Å²) in [6.07, 6.45) is 0.252. The monoisotopic (exact) mass is 361 g/mol. The van der Waals surface area contributed by atoms with Gasteiger partial charge in [-0.05, 0) is 24.3 Å². The van der Waals surface area contributed by atoms with E-state index >= 15 is 0 Å². The van der Waals surface area contributed by atoms with Gasteiger partial charge in [0, 0.05) is 23.1 Å². The molecular formula is C17H13F2N3O2S. The van der Waals surface area contributed by atoms with Crippen molar-refractivity contribution in [3.63, 3.8) is 0 Å². The van der Waals surface area contributed by atoms with E-state index in [-0.39, 0.29) is 29.8 Å². The number of amides is 1. The molecular weight excluding hydrogens is 348 g/mol. The molecule has 1 amide bonds. The highest BCUT2D eigenvalue weighted by molar-refractivity contribution is 7.99. The van der Waals surface area contributed by atoms with Gasteiger partial charge < -0.3 is 4.42 Å². The predicted octanol–water partition coefficient (Wildman–Crippen LogP) is 4.14. The number of hydrogen-bond donors (Lipinski definition) is 1. The fraction of sp³-hybridized carbons (Fsp3) is 0.118. The van der Waals surface area contributed by atoms with Crippen LogP contribution in [-0.4, -0.2) is 21.9 Å². The summed E-state index contributed by atoms with van der Waals surface area (Å²) >= 11 is 1.55. The minimum atomic E-state index is -0.819. The van der Waals surface area contributed by atoms with Crippen LogP contribution in [0.5, 0.6) is 0 Å². The molecule has 3 rings (SSSR count). The lowest BCUT2D eigenvalue weighted by atomic mass is 10.2. The molecule has 5 nitrogen and oxygen atoms in total. The van der Waals surface area contributed by atoms with Crippen LogP contribution in [0.25, 0.3) is 11.5 Å². The molecule has 2 aromatic carbocycles. The van der Waals surface area contributed by atoms with Gasteiger partial charge in [-0.25, -0.2) is 8.78 Å². The number of anilines is 1. The zero-order valence-electron chi connectivity index (χ0n) is 12.9. The summed E-state index contributed by atoms with van der Waals surface area (Å²) in [4.78, 5) is 13.0. The summed E-state index contributed by atoms with van der Waals surface area (Å²) in [5.41, 5.74) is -0.0333. The van der Waals surface area contributed by atoms with Gasteiger partial charge in [-0.3, -0.25) is 10.1 Å². The van der Waals surface area contributed by atoms with E-state index in [1.165, 1.54) is 6.07 Å². The van der Waals surface area contributed by atoms with Gasteiger partial charge in [0.15, 0.2) is 0 Å². The number of nitrogens with one attached hydrogen (secondary N) is 1. The van der Waals surface area contributed by atoms with Crippen molar-refractivity contribution in [1.29, 1.82) is 0 Å². The Kier molecular flexibility index (Phi) is 5.39. The van der Waals surface area contributed by atoms with Gasteiger partial charge in [0.25, 0.3) is 5.89 Å².